The maximum absolute atomic E-state index is 14.5. The number of nitrogens with zero attached hydrogens (tertiary/aromatic N) is 4. The highest BCUT2D eigenvalue weighted by Crippen LogP contribution is 2.34. The summed E-state index contributed by atoms with van der Waals surface area (Å²) in [5, 5.41) is 3.11. The molecule has 1 saturated heterocycles. The third-order valence-corrected chi connectivity index (χ3v) is 5.51. The average molecular weight is 516 g/mol. The second-order valence-corrected chi connectivity index (χ2v) is 8.32. The summed E-state index contributed by atoms with van der Waals surface area (Å²) in [5.41, 5.74) is 2.90. The number of amides is 1. The van der Waals surface area contributed by atoms with Gasteiger partial charge in [0.15, 0.2) is 0 Å². The molecule has 0 radical (unpaired) electrons. The summed E-state index contributed by atoms with van der Waals surface area (Å²) in [6.45, 7) is 17.4. The van der Waals surface area contributed by atoms with Crippen LogP contribution < -0.4 is 5.32 Å². The maximum atomic E-state index is 14.5. The highest BCUT2D eigenvalue weighted by molar-refractivity contribution is 6.30. The quantitative estimate of drug-likeness (QED) is 0.422. The molecule has 1 fully saturated rings. The number of aromatic nitrogens is 2. The van der Waals surface area contributed by atoms with Crippen molar-refractivity contribution in [1.82, 2.24) is 20.2 Å². The first kappa shape index (κ1) is 31.0. The van der Waals surface area contributed by atoms with Gasteiger partial charge in [-0.15, -0.1) is 0 Å². The van der Waals surface area contributed by atoms with Gasteiger partial charge in [0.1, 0.15) is 11.6 Å². The minimum atomic E-state index is -0.584. The molecule has 6 nitrogen and oxygen atoms in total. The summed E-state index contributed by atoms with van der Waals surface area (Å²) in [5.74, 6) is -0.157. The zero-order valence-electron chi connectivity index (χ0n) is 22.5. The Balaban J connectivity index is 0.00000154. The van der Waals surface area contributed by atoms with E-state index in [2.05, 4.69) is 31.8 Å². The Labute approximate surface area is 220 Å². The van der Waals surface area contributed by atoms with Gasteiger partial charge in [-0.2, -0.15) is 0 Å². The molecule has 1 amide bonds. The Bertz CT molecular complexity index is 1070. The zero-order chi connectivity index (χ0) is 27.3. The molecule has 0 bridgehead atoms. The summed E-state index contributed by atoms with van der Waals surface area (Å²) in [4.78, 5) is 27.5. The lowest BCUT2D eigenvalue weighted by Gasteiger charge is -2.33. The Morgan fingerprint density at radius 1 is 1.17 bits per heavy atom. The van der Waals surface area contributed by atoms with Gasteiger partial charge in [-0.25, -0.2) is 9.38 Å². The van der Waals surface area contributed by atoms with Crippen molar-refractivity contribution >= 4 is 23.2 Å². The van der Waals surface area contributed by atoms with Crippen molar-refractivity contribution in [3.8, 4) is 11.3 Å². The molecule has 0 spiro atoms. The van der Waals surface area contributed by atoms with Crippen molar-refractivity contribution in [2.75, 3.05) is 20.1 Å². The smallest absolute Gasteiger partial charge is 0.253 e. The molecule has 2 aromatic rings. The molecular weight excluding hydrogens is 477 g/mol. The van der Waals surface area contributed by atoms with Crippen LogP contribution in [-0.2, 0) is 0 Å². The second-order valence-electron chi connectivity index (χ2n) is 7.73. The number of halogens is 2. The lowest BCUT2D eigenvalue weighted by molar-refractivity contribution is 0.0959. The van der Waals surface area contributed by atoms with Gasteiger partial charge in [0.05, 0.1) is 17.0 Å². The fourth-order valence-electron chi connectivity index (χ4n) is 3.86. The molecule has 0 atom stereocenters. The number of likely N-dealkylation sites (tertiary alicyclic amines) is 1. The number of carbonyl (C=O) groups excluding carboxylic acids is 1. The third-order valence-electron chi connectivity index (χ3n) is 5.40. The van der Waals surface area contributed by atoms with Gasteiger partial charge < -0.3 is 10.2 Å². The number of rotatable bonds is 6. The first-order valence-electron chi connectivity index (χ1n) is 12.5. The Hall–Kier alpha value is -3.06. The van der Waals surface area contributed by atoms with Crippen molar-refractivity contribution in [2.24, 2.45) is 4.99 Å². The molecule has 0 unspecified atom stereocenters. The fraction of sp³-hybridized carbons (Fsp3) is 0.429. The second kappa shape index (κ2) is 15.8. The van der Waals surface area contributed by atoms with E-state index in [9.17, 15) is 9.18 Å². The normalized spacial score (nSPS) is 14.2. The standard InChI is InChI=1S/C24H27ClFN5O.2C2H6/c1-15(25)13-16(2)30-17(3)31-11-7-18(8-12-31)22-23(29-10-9-28-22)19-5-6-20(21(26)14-19)24(32)27-4;2*1-2/h5-6,9-10,13-14,18H,3,7-8,11-12H2,1-2,4H3,(H,27,32);2*1-2H3/b15-13+,30-16+;;. The number of nitrogens with one attached hydrogen (secondary N) is 1. The molecule has 1 aromatic heterocycles. The lowest BCUT2D eigenvalue weighted by Crippen LogP contribution is -2.32. The summed E-state index contributed by atoms with van der Waals surface area (Å²) in [6, 6.07) is 4.53. The van der Waals surface area contributed by atoms with Crippen molar-refractivity contribution in [1.29, 1.82) is 0 Å². The van der Waals surface area contributed by atoms with E-state index in [1.165, 1.54) is 19.2 Å². The predicted molar refractivity (Wildman–Crippen MR) is 149 cm³/mol. The van der Waals surface area contributed by atoms with Crippen LogP contribution in [0.2, 0.25) is 0 Å². The number of piperidine rings is 1. The van der Waals surface area contributed by atoms with E-state index < -0.39 is 11.7 Å². The van der Waals surface area contributed by atoms with Gasteiger partial charge in [0.2, 0.25) is 0 Å². The summed E-state index contributed by atoms with van der Waals surface area (Å²) in [6.07, 6.45) is 6.77. The number of benzene rings is 1. The summed E-state index contributed by atoms with van der Waals surface area (Å²) < 4.78 is 14.5. The maximum Gasteiger partial charge on any atom is 0.253 e. The lowest BCUT2D eigenvalue weighted by atomic mass is 9.90. The van der Waals surface area contributed by atoms with Crippen LogP contribution in [0.1, 0.15) is 76.4 Å². The molecule has 196 valence electrons. The monoisotopic (exact) mass is 515 g/mol. The van der Waals surface area contributed by atoms with Crippen LogP contribution in [0.5, 0.6) is 0 Å². The van der Waals surface area contributed by atoms with Crippen LogP contribution in [0.3, 0.4) is 0 Å². The molecule has 1 aliphatic heterocycles. The largest absolute Gasteiger partial charge is 0.357 e. The molecule has 1 aliphatic rings. The Kier molecular flexibility index (Phi) is 13.6. The van der Waals surface area contributed by atoms with Crippen LogP contribution >= 0.6 is 11.6 Å². The van der Waals surface area contributed by atoms with Gasteiger partial charge >= 0.3 is 0 Å². The zero-order valence-corrected chi connectivity index (χ0v) is 23.3. The van der Waals surface area contributed by atoms with Crippen LogP contribution in [0.15, 0.2) is 59.1 Å². The first-order valence-corrected chi connectivity index (χ1v) is 12.8. The van der Waals surface area contributed by atoms with E-state index in [0.29, 0.717) is 22.1 Å². The number of hydrogen-bond acceptors (Lipinski definition) is 5. The van der Waals surface area contributed by atoms with E-state index in [1.807, 2.05) is 41.5 Å². The van der Waals surface area contributed by atoms with Crippen LogP contribution in [0.4, 0.5) is 4.39 Å². The minimum Gasteiger partial charge on any atom is -0.357 e. The number of allylic oxidation sites excluding steroid dienone is 2. The van der Waals surface area contributed by atoms with Crippen molar-refractivity contribution in [2.45, 2.75) is 60.3 Å². The van der Waals surface area contributed by atoms with Crippen molar-refractivity contribution in [3.63, 3.8) is 0 Å². The van der Waals surface area contributed by atoms with Gasteiger partial charge in [-0.05, 0) is 44.9 Å². The van der Waals surface area contributed by atoms with Crippen molar-refractivity contribution in [3.05, 3.63) is 71.2 Å². The average Bonchev–Trinajstić information content (AvgIpc) is 2.90. The number of aliphatic imine (C=N–C) groups is 1. The number of carbonyl (C=O) groups is 1. The molecule has 0 saturated carbocycles. The Morgan fingerprint density at radius 2 is 1.78 bits per heavy atom. The molecule has 1 aromatic carbocycles. The first-order chi connectivity index (χ1) is 17.3. The van der Waals surface area contributed by atoms with E-state index in [-0.39, 0.29) is 11.5 Å². The van der Waals surface area contributed by atoms with Crippen LogP contribution in [-0.4, -0.2) is 46.6 Å². The van der Waals surface area contributed by atoms with Crippen molar-refractivity contribution < 1.29 is 9.18 Å². The summed E-state index contributed by atoms with van der Waals surface area (Å²) >= 11 is 5.92. The molecule has 1 N–H and O–H groups in total. The molecular formula is C28H39ClFN5O. The van der Waals surface area contributed by atoms with Gasteiger partial charge in [0.25, 0.3) is 5.91 Å². The highest BCUT2D eigenvalue weighted by Gasteiger charge is 2.25. The van der Waals surface area contributed by atoms with E-state index >= 15 is 0 Å². The molecule has 8 heteroatoms. The minimum absolute atomic E-state index is 0.00330. The van der Waals surface area contributed by atoms with Gasteiger partial charge in [-0.1, -0.05) is 51.9 Å². The Morgan fingerprint density at radius 3 is 2.33 bits per heavy atom. The van der Waals surface area contributed by atoms with E-state index in [4.69, 9.17) is 11.6 Å². The van der Waals surface area contributed by atoms with Gasteiger partial charge in [0, 0.05) is 54.8 Å². The summed E-state index contributed by atoms with van der Waals surface area (Å²) in [7, 11) is 1.47. The molecule has 0 aliphatic carbocycles. The topological polar surface area (TPSA) is 70.5 Å². The fourth-order valence-corrected chi connectivity index (χ4v) is 4.01. The van der Waals surface area contributed by atoms with Gasteiger partial charge in [-0.3, -0.25) is 14.8 Å². The van der Waals surface area contributed by atoms with Crippen LogP contribution in [0.25, 0.3) is 11.3 Å². The molecule has 3 rings (SSSR count). The molecule has 2 heterocycles. The number of hydrogen-bond donors (Lipinski definition) is 1. The van der Waals surface area contributed by atoms with E-state index in [0.717, 1.165) is 37.3 Å². The molecule has 36 heavy (non-hydrogen) atoms. The van der Waals surface area contributed by atoms with Crippen LogP contribution in [0, 0.1) is 5.82 Å². The van der Waals surface area contributed by atoms with E-state index in [1.54, 1.807) is 24.5 Å². The predicted octanol–water partition coefficient (Wildman–Crippen LogP) is 6.95. The SMILES string of the molecule is C=C(/N=C(C)/C=C(\C)Cl)N1CCC(c2nccnc2-c2ccc(C(=O)NC)c(F)c2)CC1.CC.CC. The third kappa shape index (κ3) is 8.55. The highest BCUT2D eigenvalue weighted by atomic mass is 35.5.